The highest BCUT2D eigenvalue weighted by Crippen LogP contribution is 2.31. The average molecular weight is 574 g/mol. The zero-order valence-electron chi connectivity index (χ0n) is 22.8. The van der Waals surface area contributed by atoms with Gasteiger partial charge in [0.15, 0.2) is 0 Å². The second-order valence-electron chi connectivity index (χ2n) is 8.91. The van der Waals surface area contributed by atoms with Crippen LogP contribution >= 0.6 is 0 Å². The van der Waals surface area contributed by atoms with Gasteiger partial charge >= 0.3 is 0 Å². The van der Waals surface area contributed by atoms with E-state index >= 15 is 0 Å². The van der Waals surface area contributed by atoms with Crippen LogP contribution in [0.4, 0.5) is 0 Å². The zero-order chi connectivity index (χ0) is 29.1. The van der Waals surface area contributed by atoms with Crippen LogP contribution in [0.25, 0.3) is 0 Å². The molecule has 1 N–H and O–H groups in total. The Morgan fingerprint density at radius 3 is 2.10 bits per heavy atom. The monoisotopic (exact) mass is 573 g/mol. The lowest BCUT2D eigenvalue weighted by molar-refractivity contribution is -0.121. The fourth-order valence-electron chi connectivity index (χ4n) is 3.90. The van der Waals surface area contributed by atoms with Crippen molar-refractivity contribution >= 4 is 22.1 Å². The van der Waals surface area contributed by atoms with Gasteiger partial charge in [0.25, 0.3) is 5.91 Å². The summed E-state index contributed by atoms with van der Waals surface area (Å²) in [4.78, 5) is 12.7. The summed E-state index contributed by atoms with van der Waals surface area (Å²) < 4.78 is 44.9. The number of carbonyl (C=O) groups is 1. The molecule has 9 nitrogen and oxygen atoms in total. The number of benzene rings is 4. The smallest absolute Gasteiger partial charge is 0.255 e. The van der Waals surface area contributed by atoms with E-state index in [2.05, 4.69) is 10.5 Å². The number of hydrogen-bond acceptors (Lipinski definition) is 7. The molecule has 0 fully saturated rings. The van der Waals surface area contributed by atoms with Crippen LogP contribution in [-0.4, -0.2) is 45.6 Å². The Balaban J connectivity index is 1.44. The average Bonchev–Trinajstić information content (AvgIpc) is 3.01. The molecule has 4 rings (SSSR count). The highest BCUT2D eigenvalue weighted by atomic mass is 32.2. The van der Waals surface area contributed by atoms with E-state index < -0.39 is 22.5 Å². The first-order valence-corrected chi connectivity index (χ1v) is 14.2. The quantitative estimate of drug-likeness (QED) is 0.185. The van der Waals surface area contributed by atoms with Gasteiger partial charge in [-0.25, -0.2) is 13.8 Å². The van der Waals surface area contributed by atoms with Crippen molar-refractivity contribution in [2.45, 2.75) is 18.0 Å². The number of hydrogen-bond donors (Lipinski definition) is 1. The standard InChI is InChI=1S/C31H31N3O6S/c1-38-28-17-18-29(39-2)30(19-28)41(36,37)34(21-25-9-5-3-6-10-25)22-31(35)33-32-20-24-13-15-27(16-14-24)40-23-26-11-7-4-8-12-26/h3-20H,21-23H2,1-2H3,(H,33,35)/b32-20+. The van der Waals surface area contributed by atoms with E-state index in [9.17, 15) is 13.2 Å². The number of nitrogens with zero attached hydrogens (tertiary/aromatic N) is 2. The molecule has 0 spiro atoms. The second kappa shape index (κ2) is 14.1. The Hall–Kier alpha value is -4.67. The number of amides is 1. The predicted octanol–water partition coefficient (Wildman–Crippen LogP) is 4.62. The van der Waals surface area contributed by atoms with Gasteiger partial charge in [0, 0.05) is 12.6 Å². The Morgan fingerprint density at radius 1 is 0.829 bits per heavy atom. The number of sulfonamides is 1. The third-order valence-electron chi connectivity index (χ3n) is 6.04. The lowest BCUT2D eigenvalue weighted by Crippen LogP contribution is -2.39. The molecule has 0 radical (unpaired) electrons. The molecule has 212 valence electrons. The number of methoxy groups -OCH3 is 2. The number of hydrazone groups is 1. The van der Waals surface area contributed by atoms with Gasteiger partial charge in [-0.1, -0.05) is 60.7 Å². The summed E-state index contributed by atoms with van der Waals surface area (Å²) in [5.74, 6) is 0.572. The Morgan fingerprint density at radius 2 is 1.46 bits per heavy atom. The van der Waals surface area contributed by atoms with Crippen LogP contribution in [0.1, 0.15) is 16.7 Å². The molecule has 0 heterocycles. The van der Waals surface area contributed by atoms with Crippen molar-refractivity contribution < 1.29 is 27.4 Å². The summed E-state index contributed by atoms with van der Waals surface area (Å²) in [6.45, 7) is -0.0549. The molecule has 0 aliphatic heterocycles. The molecule has 10 heteroatoms. The first kappa shape index (κ1) is 29.3. The number of rotatable bonds is 13. The van der Waals surface area contributed by atoms with Crippen LogP contribution in [0.5, 0.6) is 17.2 Å². The minimum Gasteiger partial charge on any atom is -0.497 e. The van der Waals surface area contributed by atoms with Crippen molar-refractivity contribution in [3.8, 4) is 17.2 Å². The Bertz CT molecular complexity index is 1560. The van der Waals surface area contributed by atoms with Gasteiger partial charge < -0.3 is 14.2 Å². The van der Waals surface area contributed by atoms with E-state index in [1.54, 1.807) is 42.5 Å². The molecular weight excluding hydrogens is 542 g/mol. The van der Waals surface area contributed by atoms with Crippen LogP contribution in [0.3, 0.4) is 0 Å². The first-order chi connectivity index (χ1) is 19.9. The normalized spacial score (nSPS) is 11.4. The molecule has 0 saturated carbocycles. The number of carbonyl (C=O) groups excluding carboxylic acids is 1. The van der Waals surface area contributed by atoms with Crippen LogP contribution in [0, 0.1) is 0 Å². The van der Waals surface area contributed by atoms with Gasteiger partial charge in [-0.05, 0) is 53.1 Å². The summed E-state index contributed by atoms with van der Waals surface area (Å²) in [5.41, 5.74) is 4.93. The maximum Gasteiger partial charge on any atom is 0.255 e. The van der Waals surface area contributed by atoms with E-state index in [-0.39, 0.29) is 17.2 Å². The molecule has 41 heavy (non-hydrogen) atoms. The van der Waals surface area contributed by atoms with Crippen molar-refractivity contribution in [2.75, 3.05) is 20.8 Å². The number of nitrogens with one attached hydrogen (secondary N) is 1. The predicted molar refractivity (Wildman–Crippen MR) is 157 cm³/mol. The third-order valence-corrected chi connectivity index (χ3v) is 7.85. The molecule has 0 unspecified atom stereocenters. The molecule has 0 saturated heterocycles. The zero-order valence-corrected chi connectivity index (χ0v) is 23.6. The third kappa shape index (κ3) is 8.17. The van der Waals surface area contributed by atoms with Crippen LogP contribution < -0.4 is 19.6 Å². The van der Waals surface area contributed by atoms with E-state index in [4.69, 9.17) is 14.2 Å². The summed E-state index contributed by atoms with van der Waals surface area (Å²) in [6.07, 6.45) is 1.47. The molecule has 1 amide bonds. The fraction of sp³-hybridized carbons (Fsp3) is 0.161. The molecule has 4 aromatic carbocycles. The summed E-state index contributed by atoms with van der Waals surface area (Å²) >= 11 is 0. The minimum absolute atomic E-state index is 0.0366. The minimum atomic E-state index is -4.18. The topological polar surface area (TPSA) is 107 Å². The van der Waals surface area contributed by atoms with Crippen molar-refractivity contribution in [3.05, 3.63) is 120 Å². The largest absolute Gasteiger partial charge is 0.497 e. The van der Waals surface area contributed by atoms with Crippen molar-refractivity contribution in [3.63, 3.8) is 0 Å². The molecular formula is C31H31N3O6S. The van der Waals surface area contributed by atoms with Gasteiger partial charge in [-0.2, -0.15) is 9.41 Å². The summed E-state index contributed by atoms with van der Waals surface area (Å²) in [7, 11) is -1.35. The van der Waals surface area contributed by atoms with Gasteiger partial charge in [0.05, 0.1) is 27.0 Å². The second-order valence-corrected chi connectivity index (χ2v) is 10.8. The number of ether oxygens (including phenoxy) is 3. The SMILES string of the molecule is COc1ccc(OC)c(S(=O)(=O)N(CC(=O)N/N=C/c2ccc(OCc3ccccc3)cc2)Cc2ccccc2)c1. The van der Waals surface area contributed by atoms with Crippen LogP contribution in [0.15, 0.2) is 113 Å². The van der Waals surface area contributed by atoms with Crippen molar-refractivity contribution in [1.29, 1.82) is 0 Å². The van der Waals surface area contributed by atoms with Gasteiger partial charge in [-0.3, -0.25) is 4.79 Å². The van der Waals surface area contributed by atoms with Crippen LogP contribution in [0.2, 0.25) is 0 Å². The Kier molecular flexibility index (Phi) is 10.1. The fourth-order valence-corrected chi connectivity index (χ4v) is 5.46. The molecule has 0 aliphatic carbocycles. The van der Waals surface area contributed by atoms with Gasteiger partial charge in [-0.15, -0.1) is 0 Å². The summed E-state index contributed by atoms with van der Waals surface area (Å²) in [5, 5.41) is 4.01. The molecule has 0 atom stereocenters. The van der Waals surface area contributed by atoms with Gasteiger partial charge in [0.1, 0.15) is 28.8 Å². The Labute approximate surface area is 240 Å². The first-order valence-electron chi connectivity index (χ1n) is 12.7. The van der Waals surface area contributed by atoms with E-state index in [0.717, 1.165) is 15.4 Å². The molecule has 0 aliphatic rings. The van der Waals surface area contributed by atoms with Crippen molar-refractivity contribution in [2.24, 2.45) is 5.10 Å². The highest BCUT2D eigenvalue weighted by Gasteiger charge is 2.30. The maximum atomic E-state index is 13.8. The van der Waals surface area contributed by atoms with Crippen molar-refractivity contribution in [1.82, 2.24) is 9.73 Å². The van der Waals surface area contributed by atoms with Crippen LogP contribution in [-0.2, 0) is 28.0 Å². The lowest BCUT2D eigenvalue weighted by Gasteiger charge is -2.23. The van der Waals surface area contributed by atoms with E-state index in [1.807, 2.05) is 48.5 Å². The molecule has 0 bridgehead atoms. The summed E-state index contributed by atoms with van der Waals surface area (Å²) in [6, 6.07) is 30.5. The van der Waals surface area contributed by atoms with E-state index in [1.165, 1.54) is 32.6 Å². The van der Waals surface area contributed by atoms with Gasteiger partial charge in [0.2, 0.25) is 10.0 Å². The van der Waals surface area contributed by atoms with E-state index in [0.29, 0.717) is 23.7 Å². The highest BCUT2D eigenvalue weighted by molar-refractivity contribution is 7.89. The lowest BCUT2D eigenvalue weighted by atomic mass is 10.2. The molecule has 4 aromatic rings. The maximum absolute atomic E-state index is 13.8. The molecule has 0 aromatic heterocycles.